The molecule has 0 bridgehead atoms. The Labute approximate surface area is 159 Å². The van der Waals surface area contributed by atoms with Gasteiger partial charge in [0.2, 0.25) is 0 Å². The maximum Gasteiger partial charge on any atom is 0.328 e. The summed E-state index contributed by atoms with van der Waals surface area (Å²) in [6, 6.07) is 8.54. The lowest BCUT2D eigenvalue weighted by atomic mass is 10.1. The first kappa shape index (κ1) is 19.1. The standard InChI is InChI=1S/C20H19N3O5/c1-3-16(24)11-6-8-17(25)15(9-11)21-18(26)12-5-7-13-14(10-12)22-20(28)23(4-2)19(13)27/h5-10,25H,3-4H2,1-2H3,(H,21,26)(H,22,28). The molecule has 8 heteroatoms. The quantitative estimate of drug-likeness (QED) is 0.462. The predicted octanol–water partition coefficient (Wildman–Crippen LogP) is 2.26. The first-order chi connectivity index (χ1) is 13.3. The van der Waals surface area contributed by atoms with Crippen LogP contribution in [0.4, 0.5) is 5.69 Å². The van der Waals surface area contributed by atoms with Gasteiger partial charge in [0.15, 0.2) is 5.78 Å². The molecule has 1 amide bonds. The number of ketones is 1. The fourth-order valence-corrected chi connectivity index (χ4v) is 2.89. The first-order valence-electron chi connectivity index (χ1n) is 8.80. The number of hydrogen-bond acceptors (Lipinski definition) is 5. The summed E-state index contributed by atoms with van der Waals surface area (Å²) in [5, 5.41) is 12.8. The number of phenolic OH excluding ortho intramolecular Hbond substituents is 1. The molecular weight excluding hydrogens is 362 g/mol. The fraction of sp³-hybridized carbons (Fsp3) is 0.200. The van der Waals surface area contributed by atoms with Crippen molar-refractivity contribution < 1.29 is 14.7 Å². The average Bonchev–Trinajstić information content (AvgIpc) is 2.68. The van der Waals surface area contributed by atoms with Crippen LogP contribution in [0.5, 0.6) is 5.75 Å². The second-order valence-electron chi connectivity index (χ2n) is 6.20. The van der Waals surface area contributed by atoms with Crippen LogP contribution >= 0.6 is 0 Å². The molecule has 2 aromatic carbocycles. The van der Waals surface area contributed by atoms with E-state index in [4.69, 9.17) is 0 Å². The lowest BCUT2D eigenvalue weighted by molar-refractivity contribution is 0.0985. The fourth-order valence-electron chi connectivity index (χ4n) is 2.89. The molecule has 0 spiro atoms. The highest BCUT2D eigenvalue weighted by Crippen LogP contribution is 2.25. The number of rotatable bonds is 5. The molecule has 0 aliphatic heterocycles. The minimum absolute atomic E-state index is 0.0966. The molecule has 0 unspecified atom stereocenters. The third kappa shape index (κ3) is 3.44. The number of aromatic amines is 1. The van der Waals surface area contributed by atoms with E-state index in [-0.39, 0.29) is 40.2 Å². The van der Waals surface area contributed by atoms with E-state index >= 15 is 0 Å². The molecule has 0 fully saturated rings. The van der Waals surface area contributed by atoms with Gasteiger partial charge < -0.3 is 15.4 Å². The zero-order valence-electron chi connectivity index (χ0n) is 15.4. The number of hydrogen-bond donors (Lipinski definition) is 3. The van der Waals surface area contributed by atoms with Gasteiger partial charge in [0.1, 0.15) is 5.75 Å². The van der Waals surface area contributed by atoms with E-state index in [0.29, 0.717) is 12.0 Å². The van der Waals surface area contributed by atoms with Crippen molar-refractivity contribution in [1.82, 2.24) is 9.55 Å². The molecule has 28 heavy (non-hydrogen) atoms. The van der Waals surface area contributed by atoms with Crippen LogP contribution in [0.3, 0.4) is 0 Å². The lowest BCUT2D eigenvalue weighted by Crippen LogP contribution is -2.34. The van der Waals surface area contributed by atoms with Crippen LogP contribution in [0.1, 0.15) is 41.0 Å². The molecule has 1 heterocycles. The number of aromatic hydroxyl groups is 1. The van der Waals surface area contributed by atoms with Gasteiger partial charge >= 0.3 is 5.69 Å². The Bertz CT molecular complexity index is 1210. The summed E-state index contributed by atoms with van der Waals surface area (Å²) in [6.45, 7) is 3.64. The normalized spacial score (nSPS) is 10.8. The molecule has 0 aliphatic carbocycles. The lowest BCUT2D eigenvalue weighted by Gasteiger charge is -2.10. The maximum absolute atomic E-state index is 12.6. The second-order valence-corrected chi connectivity index (χ2v) is 6.20. The number of nitrogens with zero attached hydrogens (tertiary/aromatic N) is 1. The number of amides is 1. The molecule has 3 N–H and O–H groups in total. The molecule has 0 radical (unpaired) electrons. The average molecular weight is 381 g/mol. The SMILES string of the molecule is CCC(=O)c1ccc(O)c(NC(=O)c2ccc3c(=O)n(CC)c(=O)[nH]c3c2)c1. The largest absolute Gasteiger partial charge is 0.506 e. The molecular formula is C20H19N3O5. The number of aromatic nitrogens is 2. The Balaban J connectivity index is 1.97. The van der Waals surface area contributed by atoms with Crippen molar-refractivity contribution >= 4 is 28.3 Å². The summed E-state index contributed by atoms with van der Waals surface area (Å²) < 4.78 is 1.07. The van der Waals surface area contributed by atoms with Crippen molar-refractivity contribution in [2.75, 3.05) is 5.32 Å². The number of nitrogens with one attached hydrogen (secondary N) is 2. The number of Topliss-reactive ketones (excluding diaryl/α,β-unsaturated/α-hetero) is 1. The number of carbonyl (C=O) groups excluding carboxylic acids is 2. The van der Waals surface area contributed by atoms with Gasteiger partial charge in [0, 0.05) is 24.1 Å². The van der Waals surface area contributed by atoms with Crippen LogP contribution in [-0.4, -0.2) is 26.3 Å². The summed E-state index contributed by atoms with van der Waals surface area (Å²) >= 11 is 0. The van der Waals surface area contributed by atoms with E-state index in [1.807, 2.05) is 0 Å². The van der Waals surface area contributed by atoms with E-state index in [1.54, 1.807) is 13.8 Å². The number of carbonyl (C=O) groups is 2. The van der Waals surface area contributed by atoms with E-state index in [2.05, 4.69) is 10.3 Å². The minimum atomic E-state index is -0.557. The van der Waals surface area contributed by atoms with Gasteiger partial charge in [-0.15, -0.1) is 0 Å². The van der Waals surface area contributed by atoms with Crippen LogP contribution in [-0.2, 0) is 6.54 Å². The Morgan fingerprint density at radius 3 is 2.46 bits per heavy atom. The Morgan fingerprint density at radius 1 is 1.07 bits per heavy atom. The summed E-state index contributed by atoms with van der Waals surface area (Å²) in [6.07, 6.45) is 0.297. The van der Waals surface area contributed by atoms with Gasteiger partial charge in [0.05, 0.1) is 16.6 Å². The van der Waals surface area contributed by atoms with E-state index in [1.165, 1.54) is 36.4 Å². The van der Waals surface area contributed by atoms with Gasteiger partial charge in [-0.2, -0.15) is 0 Å². The van der Waals surface area contributed by atoms with Gasteiger partial charge in [0.25, 0.3) is 11.5 Å². The zero-order chi connectivity index (χ0) is 20.4. The summed E-state index contributed by atoms with van der Waals surface area (Å²) in [4.78, 5) is 51.3. The number of phenols is 1. The van der Waals surface area contributed by atoms with Crippen LogP contribution in [0.2, 0.25) is 0 Å². The zero-order valence-corrected chi connectivity index (χ0v) is 15.4. The van der Waals surface area contributed by atoms with Crippen LogP contribution in [0.15, 0.2) is 46.0 Å². The van der Waals surface area contributed by atoms with Gasteiger partial charge in [-0.1, -0.05) is 6.92 Å². The van der Waals surface area contributed by atoms with Crippen LogP contribution in [0, 0.1) is 0 Å². The second kappa shape index (κ2) is 7.51. The summed E-state index contributed by atoms with van der Waals surface area (Å²) in [5.41, 5.74) is -0.0923. The van der Waals surface area contributed by atoms with Crippen molar-refractivity contribution in [3.05, 3.63) is 68.4 Å². The summed E-state index contributed by atoms with van der Waals surface area (Å²) in [5.74, 6) is -0.856. The van der Waals surface area contributed by atoms with Crippen molar-refractivity contribution in [2.45, 2.75) is 26.8 Å². The monoisotopic (exact) mass is 381 g/mol. The molecule has 0 saturated heterocycles. The molecule has 1 aromatic heterocycles. The predicted molar refractivity (Wildman–Crippen MR) is 105 cm³/mol. The smallest absolute Gasteiger partial charge is 0.328 e. The third-order valence-corrected chi connectivity index (χ3v) is 4.45. The van der Waals surface area contributed by atoms with Crippen molar-refractivity contribution in [1.29, 1.82) is 0 Å². The molecule has 0 atom stereocenters. The Kier molecular flexibility index (Phi) is 5.12. The molecule has 144 valence electrons. The molecule has 3 rings (SSSR count). The van der Waals surface area contributed by atoms with Crippen LogP contribution < -0.4 is 16.6 Å². The molecule has 8 nitrogen and oxygen atoms in total. The molecule has 0 saturated carbocycles. The number of H-pyrrole nitrogens is 1. The topological polar surface area (TPSA) is 121 Å². The van der Waals surface area contributed by atoms with Crippen molar-refractivity contribution in [2.24, 2.45) is 0 Å². The maximum atomic E-state index is 12.6. The minimum Gasteiger partial charge on any atom is -0.506 e. The highest BCUT2D eigenvalue weighted by molar-refractivity contribution is 6.07. The Morgan fingerprint density at radius 2 is 1.79 bits per heavy atom. The van der Waals surface area contributed by atoms with Crippen molar-refractivity contribution in [3.8, 4) is 5.75 Å². The van der Waals surface area contributed by atoms with Crippen molar-refractivity contribution in [3.63, 3.8) is 0 Å². The first-order valence-corrected chi connectivity index (χ1v) is 8.80. The Hall–Kier alpha value is -3.68. The molecule has 0 aliphatic rings. The van der Waals surface area contributed by atoms with Crippen LogP contribution in [0.25, 0.3) is 10.9 Å². The molecule has 3 aromatic rings. The van der Waals surface area contributed by atoms with Gasteiger partial charge in [-0.25, -0.2) is 4.79 Å². The van der Waals surface area contributed by atoms with E-state index < -0.39 is 17.2 Å². The number of benzene rings is 2. The highest BCUT2D eigenvalue weighted by atomic mass is 16.3. The van der Waals surface area contributed by atoms with Gasteiger partial charge in [-0.05, 0) is 43.3 Å². The van der Waals surface area contributed by atoms with E-state index in [9.17, 15) is 24.3 Å². The number of anilines is 1. The van der Waals surface area contributed by atoms with Gasteiger partial charge in [-0.3, -0.25) is 19.0 Å². The summed E-state index contributed by atoms with van der Waals surface area (Å²) in [7, 11) is 0. The number of fused-ring (bicyclic) bond motifs is 1. The highest BCUT2D eigenvalue weighted by Gasteiger charge is 2.14. The van der Waals surface area contributed by atoms with E-state index in [0.717, 1.165) is 4.57 Å². The third-order valence-electron chi connectivity index (χ3n) is 4.45.